The fourth-order valence-corrected chi connectivity index (χ4v) is 6.09. The lowest BCUT2D eigenvalue weighted by Crippen LogP contribution is -2.45. The molecule has 0 unspecified atom stereocenters. The zero-order chi connectivity index (χ0) is 34.0. The van der Waals surface area contributed by atoms with E-state index in [4.69, 9.17) is 24.0 Å². The lowest BCUT2D eigenvalue weighted by Gasteiger charge is -2.38. The van der Waals surface area contributed by atoms with Gasteiger partial charge in [-0.3, -0.25) is 9.58 Å². The van der Waals surface area contributed by atoms with Crippen LogP contribution < -0.4 is 14.8 Å². The van der Waals surface area contributed by atoms with Crippen LogP contribution >= 0.6 is 0 Å². The second-order valence-electron chi connectivity index (χ2n) is 12.0. The Morgan fingerprint density at radius 2 is 1.84 bits per heavy atom. The molecule has 1 N–H and O–H groups in total. The average molecular weight is 680 g/mol. The van der Waals surface area contributed by atoms with Crippen LogP contribution in [0.2, 0.25) is 0 Å². The third-order valence-corrected chi connectivity index (χ3v) is 8.51. The summed E-state index contributed by atoms with van der Waals surface area (Å²) in [5, 5.41) is 28.7. The molecule has 0 spiro atoms. The number of benzene rings is 1. The quantitative estimate of drug-likeness (QED) is 0.180. The minimum absolute atomic E-state index is 0.000771. The van der Waals surface area contributed by atoms with Gasteiger partial charge in [-0.25, -0.2) is 23.4 Å². The first-order chi connectivity index (χ1) is 23.9. The minimum atomic E-state index is -2.54. The molecule has 1 saturated carbocycles. The number of hydrogen-bond acceptors (Lipinski definition) is 13. The van der Waals surface area contributed by atoms with Crippen molar-refractivity contribution in [3.63, 3.8) is 0 Å². The highest BCUT2D eigenvalue weighted by atomic mass is 19.3. The van der Waals surface area contributed by atoms with Gasteiger partial charge in [0.25, 0.3) is 12.3 Å². The van der Waals surface area contributed by atoms with Crippen molar-refractivity contribution >= 4 is 11.6 Å². The maximum absolute atomic E-state index is 12.5. The largest absolute Gasteiger partial charge is 0.487 e. The van der Waals surface area contributed by atoms with Gasteiger partial charge in [0.2, 0.25) is 5.95 Å². The van der Waals surface area contributed by atoms with E-state index in [9.17, 15) is 14.0 Å². The van der Waals surface area contributed by atoms with Crippen molar-refractivity contribution < 1.29 is 27.7 Å². The summed E-state index contributed by atoms with van der Waals surface area (Å²) in [5.41, 5.74) is 2.43. The molecule has 6 rings (SSSR count). The normalized spacial score (nSPS) is 19.0. The Labute approximate surface area is 282 Å². The van der Waals surface area contributed by atoms with Gasteiger partial charge in [0, 0.05) is 37.1 Å². The van der Waals surface area contributed by atoms with Crippen molar-refractivity contribution in [1.29, 1.82) is 5.26 Å². The lowest BCUT2D eigenvalue weighted by molar-refractivity contribution is 0.00467. The fraction of sp³-hybridized carbons (Fsp3) is 0.531. The smallest absolute Gasteiger partial charge is 0.261 e. The fourth-order valence-electron chi connectivity index (χ4n) is 6.09. The van der Waals surface area contributed by atoms with Crippen molar-refractivity contribution in [2.75, 3.05) is 51.4 Å². The summed E-state index contributed by atoms with van der Waals surface area (Å²) in [6.45, 7) is 5.19. The number of ether oxygens (including phenoxy) is 4. The number of alkyl halides is 2. The average Bonchev–Trinajstić information content (AvgIpc) is 3.78. The van der Waals surface area contributed by atoms with Gasteiger partial charge in [-0.2, -0.15) is 5.26 Å². The molecule has 0 amide bonds. The second-order valence-corrected chi connectivity index (χ2v) is 12.0. The Bertz CT molecular complexity index is 1650. The SMILES string of the molecule is C[C@@H](Cn1cnnn1)Oc1cc(-c2cnc(Nc3cn([C@H]4CC[C@H](N5CCOCC5)CC4)nc3OCCOCC(F)F)nc2)ccc1C#N. The Hall–Kier alpha value is -4.79. The van der Waals surface area contributed by atoms with Crippen molar-refractivity contribution in [3.05, 3.63) is 48.7 Å². The maximum Gasteiger partial charge on any atom is 0.261 e. The van der Waals surface area contributed by atoms with E-state index in [0.29, 0.717) is 47.0 Å². The van der Waals surface area contributed by atoms with E-state index < -0.39 is 13.0 Å². The Balaban J connectivity index is 1.13. The Morgan fingerprint density at radius 3 is 2.55 bits per heavy atom. The van der Waals surface area contributed by atoms with Crippen LogP contribution in [0, 0.1) is 11.3 Å². The highest BCUT2D eigenvalue weighted by Gasteiger charge is 2.29. The number of tetrazole rings is 1. The number of halogens is 2. The van der Waals surface area contributed by atoms with Crippen molar-refractivity contribution in [2.24, 2.45) is 0 Å². The summed E-state index contributed by atoms with van der Waals surface area (Å²) in [6, 6.07) is 8.18. The molecule has 2 fully saturated rings. The van der Waals surface area contributed by atoms with Crippen LogP contribution in [0.15, 0.2) is 43.1 Å². The Morgan fingerprint density at radius 1 is 1.06 bits per heavy atom. The van der Waals surface area contributed by atoms with E-state index in [1.807, 2.05) is 23.9 Å². The molecule has 1 aliphatic heterocycles. The van der Waals surface area contributed by atoms with Crippen LogP contribution in [-0.4, -0.2) is 110 Å². The number of morpholine rings is 1. The lowest BCUT2D eigenvalue weighted by atomic mass is 9.90. The summed E-state index contributed by atoms with van der Waals surface area (Å²) in [5.74, 6) is 1.06. The highest BCUT2D eigenvalue weighted by Crippen LogP contribution is 2.35. The number of nitrogens with one attached hydrogen (secondary N) is 1. The van der Waals surface area contributed by atoms with E-state index in [-0.39, 0.29) is 25.4 Å². The molecule has 1 aromatic carbocycles. The molecular weight excluding hydrogens is 640 g/mol. The number of aromatic nitrogens is 8. The topological polar surface area (TPSA) is 163 Å². The molecule has 2 aliphatic rings. The van der Waals surface area contributed by atoms with Crippen LogP contribution in [0.3, 0.4) is 0 Å². The second kappa shape index (κ2) is 16.5. The summed E-state index contributed by atoms with van der Waals surface area (Å²) in [4.78, 5) is 11.6. The summed E-state index contributed by atoms with van der Waals surface area (Å²) >= 11 is 0. The predicted octanol–water partition coefficient (Wildman–Crippen LogP) is 3.89. The zero-order valence-electron chi connectivity index (χ0n) is 27.2. The highest BCUT2D eigenvalue weighted by molar-refractivity contribution is 5.67. The zero-order valence-corrected chi connectivity index (χ0v) is 27.2. The van der Waals surface area contributed by atoms with Crippen molar-refractivity contribution in [1.82, 2.24) is 44.9 Å². The van der Waals surface area contributed by atoms with Crippen molar-refractivity contribution in [3.8, 4) is 28.8 Å². The molecule has 4 heterocycles. The molecular formula is C32H39F2N11O4. The van der Waals surface area contributed by atoms with Crippen molar-refractivity contribution in [2.45, 2.75) is 63.8 Å². The number of rotatable bonds is 15. The van der Waals surface area contributed by atoms with E-state index in [1.54, 1.807) is 29.2 Å². The third kappa shape index (κ3) is 9.22. The predicted molar refractivity (Wildman–Crippen MR) is 172 cm³/mol. The van der Waals surface area contributed by atoms with Gasteiger partial charge in [-0.15, -0.1) is 10.2 Å². The van der Waals surface area contributed by atoms with Gasteiger partial charge in [0.1, 0.15) is 43.2 Å². The Kier molecular flexibility index (Phi) is 11.5. The van der Waals surface area contributed by atoms with Gasteiger partial charge in [0.05, 0.1) is 44.2 Å². The molecule has 1 saturated heterocycles. The molecule has 1 atom stereocenters. The first kappa shape index (κ1) is 34.1. The molecule has 17 heteroatoms. The first-order valence-corrected chi connectivity index (χ1v) is 16.4. The summed E-state index contributed by atoms with van der Waals surface area (Å²) in [6.07, 6.45) is 7.94. The van der Waals surface area contributed by atoms with Crippen LogP contribution in [0.25, 0.3) is 11.1 Å². The standard InChI is InChI=1S/C32H39F2N11O4/c1-22(18-44-21-38-41-42-44)49-29-14-23(2-3-24(29)15-35)25-16-36-32(37-17-25)39-28-19-45(40-31(28)48-13-12-47-20-30(33)34)27-6-4-26(5-7-27)43-8-10-46-11-9-43/h2-3,14,16-17,19,21-22,26-27,30H,4-13,18,20H2,1H3,(H,36,37,39)/t22-,26-,27-/m0/s1. The molecule has 1 aliphatic carbocycles. The molecule has 4 aromatic rings. The summed E-state index contributed by atoms with van der Waals surface area (Å²) in [7, 11) is 0. The monoisotopic (exact) mass is 679 g/mol. The number of nitrogens with zero attached hydrogens (tertiary/aromatic N) is 10. The number of hydrogen-bond donors (Lipinski definition) is 1. The van der Waals surface area contributed by atoms with Gasteiger partial charge >= 0.3 is 0 Å². The number of anilines is 2. The first-order valence-electron chi connectivity index (χ1n) is 16.4. The molecule has 0 radical (unpaired) electrons. The van der Waals surface area contributed by atoms with E-state index in [0.717, 1.165) is 57.6 Å². The number of nitriles is 1. The minimum Gasteiger partial charge on any atom is -0.487 e. The van der Waals surface area contributed by atoms with Gasteiger partial charge in [-0.05, 0) is 60.7 Å². The molecule has 0 bridgehead atoms. The molecule has 260 valence electrons. The van der Waals surface area contributed by atoms with Gasteiger partial charge in [-0.1, -0.05) is 6.07 Å². The van der Waals surface area contributed by atoms with Crippen LogP contribution in [0.5, 0.6) is 11.6 Å². The molecule has 3 aromatic heterocycles. The van der Waals surface area contributed by atoms with E-state index >= 15 is 0 Å². The van der Waals surface area contributed by atoms with Gasteiger partial charge < -0.3 is 24.3 Å². The van der Waals surface area contributed by atoms with Crippen LogP contribution in [0.4, 0.5) is 20.4 Å². The van der Waals surface area contributed by atoms with E-state index in [2.05, 4.69) is 41.8 Å². The van der Waals surface area contributed by atoms with E-state index in [1.165, 1.54) is 6.33 Å². The molecule has 15 nitrogen and oxygen atoms in total. The van der Waals surface area contributed by atoms with Gasteiger partial charge in [0.15, 0.2) is 0 Å². The summed E-state index contributed by atoms with van der Waals surface area (Å²) < 4.78 is 50.9. The maximum atomic E-state index is 12.5. The third-order valence-electron chi connectivity index (χ3n) is 8.51. The molecule has 49 heavy (non-hydrogen) atoms. The van der Waals surface area contributed by atoms with Crippen LogP contribution in [-0.2, 0) is 16.0 Å². The van der Waals surface area contributed by atoms with Crippen LogP contribution in [0.1, 0.15) is 44.2 Å².